The summed E-state index contributed by atoms with van der Waals surface area (Å²) in [5.74, 6) is -0.189. The molecule has 0 saturated carbocycles. The third-order valence-corrected chi connectivity index (χ3v) is 7.84. The number of amides is 1. The molecule has 1 aliphatic rings. The van der Waals surface area contributed by atoms with E-state index < -0.39 is 10.0 Å². The summed E-state index contributed by atoms with van der Waals surface area (Å²) < 4.78 is 27.0. The van der Waals surface area contributed by atoms with Crippen LogP contribution in [0.25, 0.3) is 0 Å². The molecule has 144 valence electrons. The lowest BCUT2D eigenvalue weighted by molar-refractivity contribution is 0.0698. The zero-order valence-corrected chi connectivity index (χ0v) is 17.7. The maximum Gasteiger partial charge on any atom is 0.255 e. The van der Waals surface area contributed by atoms with Crippen molar-refractivity contribution in [2.45, 2.75) is 9.79 Å². The minimum Gasteiger partial charge on any atom is -0.336 e. The van der Waals surface area contributed by atoms with Gasteiger partial charge in [0.05, 0.1) is 15.6 Å². The van der Waals surface area contributed by atoms with Gasteiger partial charge >= 0.3 is 0 Å². The molecule has 1 aliphatic heterocycles. The maximum absolute atomic E-state index is 12.8. The van der Waals surface area contributed by atoms with Crippen LogP contribution >= 0.6 is 35.0 Å². The van der Waals surface area contributed by atoms with Crippen LogP contribution < -0.4 is 0 Å². The number of rotatable bonds is 4. The Labute approximate surface area is 173 Å². The monoisotopic (exact) mass is 444 g/mol. The number of nitrogens with zero attached hydrogens (tertiary/aromatic N) is 2. The molecule has 1 fully saturated rings. The van der Waals surface area contributed by atoms with Crippen LogP contribution in [0.2, 0.25) is 10.0 Å². The van der Waals surface area contributed by atoms with E-state index in [0.717, 1.165) is 4.90 Å². The fourth-order valence-electron chi connectivity index (χ4n) is 2.89. The van der Waals surface area contributed by atoms with Crippen molar-refractivity contribution >= 4 is 50.9 Å². The molecule has 0 atom stereocenters. The van der Waals surface area contributed by atoms with E-state index in [-0.39, 0.29) is 28.9 Å². The number of hydrogen-bond acceptors (Lipinski definition) is 4. The smallest absolute Gasteiger partial charge is 0.255 e. The van der Waals surface area contributed by atoms with Crippen LogP contribution in [0.3, 0.4) is 0 Å². The standard InChI is InChI=1S/C18H18Cl2N2O3S2/c1-26-13-6-7-15(19)14(12-13)18(23)21-8-10-22(11-9-21)27(24,25)17-5-3-2-4-16(17)20/h2-7,12H,8-11H2,1H3. The first-order chi connectivity index (χ1) is 12.8. The second-order valence-corrected chi connectivity index (χ2v) is 9.57. The quantitative estimate of drug-likeness (QED) is 0.671. The molecule has 0 aliphatic carbocycles. The first kappa shape index (κ1) is 20.5. The molecule has 0 N–H and O–H groups in total. The zero-order valence-electron chi connectivity index (χ0n) is 14.6. The van der Waals surface area contributed by atoms with Crippen molar-refractivity contribution in [1.82, 2.24) is 9.21 Å². The van der Waals surface area contributed by atoms with E-state index in [9.17, 15) is 13.2 Å². The minimum atomic E-state index is -3.69. The number of hydrogen-bond donors (Lipinski definition) is 0. The van der Waals surface area contributed by atoms with E-state index in [1.54, 1.807) is 35.2 Å². The molecule has 27 heavy (non-hydrogen) atoms. The summed E-state index contributed by atoms with van der Waals surface area (Å²) in [6.07, 6.45) is 1.93. The highest BCUT2D eigenvalue weighted by Gasteiger charge is 2.32. The predicted molar refractivity (Wildman–Crippen MR) is 109 cm³/mol. The van der Waals surface area contributed by atoms with Crippen LogP contribution in [0.15, 0.2) is 52.3 Å². The van der Waals surface area contributed by atoms with Gasteiger partial charge < -0.3 is 4.90 Å². The van der Waals surface area contributed by atoms with Gasteiger partial charge in [0.2, 0.25) is 10.0 Å². The first-order valence-electron chi connectivity index (χ1n) is 8.22. The summed E-state index contributed by atoms with van der Waals surface area (Å²) in [6, 6.07) is 11.7. The molecule has 0 bridgehead atoms. The summed E-state index contributed by atoms with van der Waals surface area (Å²) in [5, 5.41) is 0.584. The Balaban J connectivity index is 1.74. The lowest BCUT2D eigenvalue weighted by Crippen LogP contribution is -2.50. The Morgan fingerprint density at radius 2 is 1.67 bits per heavy atom. The number of sulfonamides is 1. The van der Waals surface area contributed by atoms with Crippen molar-refractivity contribution < 1.29 is 13.2 Å². The molecule has 9 heteroatoms. The number of benzene rings is 2. The molecule has 0 radical (unpaired) electrons. The average Bonchev–Trinajstić information content (AvgIpc) is 2.68. The molecule has 2 aromatic rings. The van der Waals surface area contributed by atoms with Crippen molar-refractivity contribution in [2.75, 3.05) is 32.4 Å². The third-order valence-electron chi connectivity index (χ3n) is 4.38. The topological polar surface area (TPSA) is 57.7 Å². The lowest BCUT2D eigenvalue weighted by Gasteiger charge is -2.34. The Morgan fingerprint density at radius 1 is 1.00 bits per heavy atom. The van der Waals surface area contributed by atoms with E-state index in [2.05, 4.69) is 0 Å². The van der Waals surface area contributed by atoms with Crippen molar-refractivity contribution in [3.8, 4) is 0 Å². The molecule has 0 spiro atoms. The first-order valence-corrected chi connectivity index (χ1v) is 11.6. The summed E-state index contributed by atoms with van der Waals surface area (Å²) in [6.45, 7) is 1.00. The SMILES string of the molecule is CSc1ccc(Cl)c(C(=O)N2CCN(S(=O)(=O)c3ccccc3Cl)CC2)c1. The molecule has 1 saturated heterocycles. The summed E-state index contributed by atoms with van der Waals surface area (Å²) in [7, 11) is -3.69. The van der Waals surface area contributed by atoms with Crippen molar-refractivity contribution in [1.29, 1.82) is 0 Å². The van der Waals surface area contributed by atoms with Gasteiger partial charge in [-0.1, -0.05) is 35.3 Å². The fourth-order valence-corrected chi connectivity index (χ4v) is 5.44. The van der Waals surface area contributed by atoms with Gasteiger partial charge in [-0.05, 0) is 36.6 Å². The third kappa shape index (κ3) is 4.27. The molecule has 2 aromatic carbocycles. The van der Waals surface area contributed by atoms with E-state index in [4.69, 9.17) is 23.2 Å². The molecule has 0 unspecified atom stereocenters. The predicted octanol–water partition coefficient (Wildman–Crippen LogP) is 3.86. The van der Waals surface area contributed by atoms with Crippen LogP contribution in [0.5, 0.6) is 0 Å². The van der Waals surface area contributed by atoms with E-state index in [1.165, 1.54) is 22.1 Å². The molecule has 1 amide bonds. The van der Waals surface area contributed by atoms with Gasteiger partial charge in [0.15, 0.2) is 0 Å². The van der Waals surface area contributed by atoms with Gasteiger partial charge in [-0.25, -0.2) is 8.42 Å². The minimum absolute atomic E-state index is 0.0853. The van der Waals surface area contributed by atoms with E-state index >= 15 is 0 Å². The Hall–Kier alpha value is -1.25. The number of piperazine rings is 1. The summed E-state index contributed by atoms with van der Waals surface area (Å²) in [4.78, 5) is 15.5. The highest BCUT2D eigenvalue weighted by molar-refractivity contribution is 7.98. The van der Waals surface area contributed by atoms with Crippen molar-refractivity contribution in [3.05, 3.63) is 58.1 Å². The second kappa shape index (κ2) is 8.41. The van der Waals surface area contributed by atoms with Crippen molar-refractivity contribution in [3.63, 3.8) is 0 Å². The lowest BCUT2D eigenvalue weighted by atomic mass is 10.2. The largest absolute Gasteiger partial charge is 0.336 e. The van der Waals surface area contributed by atoms with E-state index in [0.29, 0.717) is 23.7 Å². The number of carbonyl (C=O) groups excluding carboxylic acids is 1. The molecule has 1 heterocycles. The van der Waals surface area contributed by atoms with Gasteiger partial charge in [-0.3, -0.25) is 4.79 Å². The van der Waals surface area contributed by atoms with Gasteiger partial charge in [-0.15, -0.1) is 11.8 Å². The van der Waals surface area contributed by atoms with Crippen LogP contribution in [-0.4, -0.2) is 56.0 Å². The Morgan fingerprint density at radius 3 is 2.30 bits per heavy atom. The molecule has 5 nitrogen and oxygen atoms in total. The Bertz CT molecular complexity index is 959. The summed E-state index contributed by atoms with van der Waals surface area (Å²) in [5.41, 5.74) is 0.436. The van der Waals surface area contributed by atoms with Gasteiger partial charge in [0, 0.05) is 31.1 Å². The molecular formula is C18H18Cl2N2O3S2. The zero-order chi connectivity index (χ0) is 19.6. The highest BCUT2D eigenvalue weighted by Crippen LogP contribution is 2.27. The van der Waals surface area contributed by atoms with Crippen molar-refractivity contribution in [2.24, 2.45) is 0 Å². The van der Waals surface area contributed by atoms with Gasteiger partial charge in [-0.2, -0.15) is 4.31 Å². The van der Waals surface area contributed by atoms with Gasteiger partial charge in [0.1, 0.15) is 4.90 Å². The molecular weight excluding hydrogens is 427 g/mol. The van der Waals surface area contributed by atoms with Crippen LogP contribution in [-0.2, 0) is 10.0 Å². The number of halogens is 2. The van der Waals surface area contributed by atoms with Crippen LogP contribution in [0, 0.1) is 0 Å². The maximum atomic E-state index is 12.8. The Kier molecular flexibility index (Phi) is 6.38. The van der Waals surface area contributed by atoms with Crippen LogP contribution in [0.1, 0.15) is 10.4 Å². The average molecular weight is 445 g/mol. The van der Waals surface area contributed by atoms with Crippen LogP contribution in [0.4, 0.5) is 0 Å². The normalized spacial score (nSPS) is 15.7. The molecule has 0 aromatic heterocycles. The highest BCUT2D eigenvalue weighted by atomic mass is 35.5. The summed E-state index contributed by atoms with van der Waals surface area (Å²) >= 11 is 13.8. The fraction of sp³-hybridized carbons (Fsp3) is 0.278. The second-order valence-electron chi connectivity index (χ2n) is 5.97. The molecule has 3 rings (SSSR count). The number of thioether (sulfide) groups is 1. The van der Waals surface area contributed by atoms with E-state index in [1.807, 2.05) is 12.3 Å². The number of carbonyl (C=O) groups is 1. The van der Waals surface area contributed by atoms with Gasteiger partial charge in [0.25, 0.3) is 5.91 Å².